The molecular formula is C15H16N2O5S. The van der Waals surface area contributed by atoms with Gasteiger partial charge in [-0.15, -0.1) is 11.3 Å². The lowest BCUT2D eigenvalue weighted by molar-refractivity contribution is -0.384. The Morgan fingerprint density at radius 3 is 2.65 bits per heavy atom. The molecule has 0 saturated heterocycles. The maximum atomic E-state index is 12.6. The van der Waals surface area contributed by atoms with E-state index in [1.54, 1.807) is 19.1 Å². The molecule has 0 radical (unpaired) electrons. The van der Waals surface area contributed by atoms with Crippen LogP contribution in [0.1, 0.15) is 29.9 Å². The number of thiophene rings is 1. The molecule has 0 saturated carbocycles. The molecule has 1 atom stereocenters. The topological polar surface area (TPSA) is 101 Å². The molecule has 23 heavy (non-hydrogen) atoms. The Hall–Kier alpha value is -2.48. The minimum absolute atomic E-state index is 0.0429. The van der Waals surface area contributed by atoms with Gasteiger partial charge >= 0.3 is 5.97 Å². The van der Waals surface area contributed by atoms with Crippen molar-refractivity contribution < 1.29 is 19.6 Å². The number of aliphatic carboxylic acids is 1. The monoisotopic (exact) mass is 336 g/mol. The molecule has 1 unspecified atom stereocenters. The van der Waals surface area contributed by atoms with Crippen LogP contribution in [0.3, 0.4) is 0 Å². The second-order valence-corrected chi connectivity index (χ2v) is 6.26. The Kier molecular flexibility index (Phi) is 4.95. The summed E-state index contributed by atoms with van der Waals surface area (Å²) in [4.78, 5) is 35.6. The summed E-state index contributed by atoms with van der Waals surface area (Å²) in [5, 5.41) is 20.4. The summed E-state index contributed by atoms with van der Waals surface area (Å²) in [6.07, 6.45) is 0.634. The fraction of sp³-hybridized carbons (Fsp3) is 0.333. The molecule has 0 spiro atoms. The third-order valence-electron chi connectivity index (χ3n) is 3.61. The van der Waals surface area contributed by atoms with Crippen LogP contribution in [-0.2, 0) is 4.79 Å². The summed E-state index contributed by atoms with van der Waals surface area (Å²) in [6.45, 7) is 3.29. The predicted molar refractivity (Wildman–Crippen MR) is 86.9 cm³/mol. The number of carboxylic acid groups (broad SMARTS) is 1. The quantitative estimate of drug-likeness (QED) is 0.645. The van der Waals surface area contributed by atoms with Gasteiger partial charge in [0.25, 0.3) is 11.6 Å². The lowest BCUT2D eigenvalue weighted by Crippen LogP contribution is -2.41. The van der Waals surface area contributed by atoms with Crippen LogP contribution in [0.15, 0.2) is 24.3 Å². The van der Waals surface area contributed by atoms with Gasteiger partial charge in [0.2, 0.25) is 0 Å². The predicted octanol–water partition coefficient (Wildman–Crippen LogP) is 3.13. The van der Waals surface area contributed by atoms with Crippen molar-refractivity contribution >= 4 is 39.0 Å². The van der Waals surface area contributed by atoms with E-state index in [2.05, 4.69) is 0 Å². The highest BCUT2D eigenvalue weighted by molar-refractivity contribution is 7.20. The molecule has 122 valence electrons. The number of nitro groups is 1. The molecule has 0 bridgehead atoms. The van der Waals surface area contributed by atoms with Crippen LogP contribution in [0.25, 0.3) is 10.1 Å². The van der Waals surface area contributed by atoms with Crippen LogP contribution in [-0.4, -0.2) is 39.4 Å². The first-order valence-electron chi connectivity index (χ1n) is 7.04. The molecule has 1 N–H and O–H groups in total. The summed E-state index contributed by atoms with van der Waals surface area (Å²) in [5.74, 6) is -1.44. The van der Waals surface area contributed by atoms with Crippen LogP contribution in [0.5, 0.6) is 0 Å². The van der Waals surface area contributed by atoms with Crippen molar-refractivity contribution in [1.29, 1.82) is 0 Å². The van der Waals surface area contributed by atoms with E-state index in [0.717, 1.165) is 4.70 Å². The average molecular weight is 336 g/mol. The Balaban J connectivity index is 2.38. The van der Waals surface area contributed by atoms with Gasteiger partial charge in [0.05, 0.1) is 9.80 Å². The van der Waals surface area contributed by atoms with E-state index >= 15 is 0 Å². The summed E-state index contributed by atoms with van der Waals surface area (Å²) in [5.41, 5.74) is -0.0429. The second kappa shape index (κ2) is 6.74. The van der Waals surface area contributed by atoms with Gasteiger partial charge in [-0.25, -0.2) is 0 Å². The number of non-ortho nitro benzene ring substituents is 1. The lowest BCUT2D eigenvalue weighted by Gasteiger charge is -2.26. The molecule has 0 aliphatic rings. The molecule has 1 amide bonds. The normalized spacial score (nSPS) is 12.1. The third-order valence-corrected chi connectivity index (χ3v) is 4.71. The fourth-order valence-corrected chi connectivity index (χ4v) is 3.18. The fourth-order valence-electron chi connectivity index (χ4n) is 2.19. The zero-order valence-corrected chi connectivity index (χ0v) is 13.5. The zero-order chi connectivity index (χ0) is 17.1. The van der Waals surface area contributed by atoms with E-state index in [-0.39, 0.29) is 24.2 Å². The Morgan fingerprint density at radius 2 is 2.09 bits per heavy atom. The number of nitrogens with zero attached hydrogens (tertiary/aromatic N) is 2. The number of carboxylic acids is 1. The lowest BCUT2D eigenvalue weighted by atomic mass is 10.2. The van der Waals surface area contributed by atoms with Gasteiger partial charge in [0.1, 0.15) is 6.54 Å². The maximum Gasteiger partial charge on any atom is 0.323 e. The molecule has 0 fully saturated rings. The molecule has 1 aromatic carbocycles. The van der Waals surface area contributed by atoms with Crippen molar-refractivity contribution in [3.63, 3.8) is 0 Å². The first-order valence-corrected chi connectivity index (χ1v) is 7.86. The van der Waals surface area contributed by atoms with Crippen LogP contribution < -0.4 is 0 Å². The van der Waals surface area contributed by atoms with E-state index in [1.165, 1.54) is 28.4 Å². The first-order chi connectivity index (χ1) is 10.8. The highest BCUT2D eigenvalue weighted by atomic mass is 32.1. The minimum atomic E-state index is -1.07. The van der Waals surface area contributed by atoms with E-state index in [1.807, 2.05) is 6.92 Å². The number of amides is 1. The number of hydrogen-bond acceptors (Lipinski definition) is 5. The number of carbonyl (C=O) groups is 2. The van der Waals surface area contributed by atoms with E-state index in [9.17, 15) is 19.7 Å². The van der Waals surface area contributed by atoms with Gasteiger partial charge in [-0.05, 0) is 25.5 Å². The van der Waals surface area contributed by atoms with Gasteiger partial charge in [-0.1, -0.05) is 6.92 Å². The number of carbonyl (C=O) groups excluding carboxylic acids is 1. The van der Waals surface area contributed by atoms with Crippen LogP contribution in [0.4, 0.5) is 5.69 Å². The first kappa shape index (κ1) is 16.9. The molecule has 0 aliphatic carbocycles. The van der Waals surface area contributed by atoms with E-state index in [0.29, 0.717) is 16.7 Å². The summed E-state index contributed by atoms with van der Waals surface area (Å²) in [6, 6.07) is 5.76. The molecule has 1 aromatic heterocycles. The summed E-state index contributed by atoms with van der Waals surface area (Å²) in [7, 11) is 0. The highest BCUT2D eigenvalue weighted by Crippen LogP contribution is 2.30. The van der Waals surface area contributed by atoms with Crippen molar-refractivity contribution in [3.05, 3.63) is 39.3 Å². The van der Waals surface area contributed by atoms with Gasteiger partial charge in [-0.2, -0.15) is 0 Å². The minimum Gasteiger partial charge on any atom is -0.480 e. The number of nitro benzene ring substituents is 1. The zero-order valence-electron chi connectivity index (χ0n) is 12.7. The average Bonchev–Trinajstić information content (AvgIpc) is 2.93. The van der Waals surface area contributed by atoms with Crippen molar-refractivity contribution in [3.8, 4) is 0 Å². The second-order valence-electron chi connectivity index (χ2n) is 5.17. The van der Waals surface area contributed by atoms with Crippen molar-refractivity contribution in [2.24, 2.45) is 0 Å². The van der Waals surface area contributed by atoms with Gasteiger partial charge < -0.3 is 10.0 Å². The Morgan fingerprint density at radius 1 is 1.39 bits per heavy atom. The SMILES string of the molecule is CCC(C)N(CC(=O)O)C(=O)c1cc2cc([N+](=O)[O-])ccc2s1. The number of benzene rings is 1. The highest BCUT2D eigenvalue weighted by Gasteiger charge is 2.24. The third kappa shape index (κ3) is 3.65. The summed E-state index contributed by atoms with van der Waals surface area (Å²) >= 11 is 1.20. The number of hydrogen-bond donors (Lipinski definition) is 1. The van der Waals surface area contributed by atoms with Gasteiger partial charge in [0.15, 0.2) is 0 Å². The molecule has 7 nitrogen and oxygen atoms in total. The maximum absolute atomic E-state index is 12.6. The molecule has 8 heteroatoms. The molecule has 0 aliphatic heterocycles. The molecular weight excluding hydrogens is 320 g/mol. The Bertz CT molecular complexity index is 770. The van der Waals surface area contributed by atoms with Crippen molar-refractivity contribution in [2.75, 3.05) is 6.54 Å². The molecule has 1 heterocycles. The smallest absolute Gasteiger partial charge is 0.323 e. The standard InChI is InChI=1S/C15H16N2O5S/c1-3-9(2)16(8-14(18)19)15(20)13-7-10-6-11(17(21)22)4-5-12(10)23-13/h4-7,9H,3,8H2,1-2H3,(H,18,19). The number of fused-ring (bicyclic) bond motifs is 1. The largest absolute Gasteiger partial charge is 0.480 e. The molecule has 2 aromatic rings. The number of rotatable bonds is 6. The van der Waals surface area contributed by atoms with Crippen LogP contribution in [0.2, 0.25) is 0 Å². The van der Waals surface area contributed by atoms with Crippen molar-refractivity contribution in [1.82, 2.24) is 4.90 Å². The Labute approximate surface area is 136 Å². The van der Waals surface area contributed by atoms with Crippen LogP contribution in [0, 0.1) is 10.1 Å². The summed E-state index contributed by atoms with van der Waals surface area (Å²) < 4.78 is 0.748. The van der Waals surface area contributed by atoms with E-state index < -0.39 is 10.9 Å². The van der Waals surface area contributed by atoms with Gasteiger partial charge in [0, 0.05) is 28.3 Å². The molecule has 2 rings (SSSR count). The van der Waals surface area contributed by atoms with Crippen LogP contribution >= 0.6 is 11.3 Å². The van der Waals surface area contributed by atoms with Crippen molar-refractivity contribution in [2.45, 2.75) is 26.3 Å². The van der Waals surface area contributed by atoms with E-state index in [4.69, 9.17) is 5.11 Å². The van der Waals surface area contributed by atoms with Gasteiger partial charge in [-0.3, -0.25) is 19.7 Å².